The van der Waals surface area contributed by atoms with Crippen molar-refractivity contribution in [3.05, 3.63) is 46.5 Å². The monoisotopic (exact) mass is 480 g/mol. The normalized spacial score (nSPS) is 11.4. The third-order valence-corrected chi connectivity index (χ3v) is 6.13. The van der Waals surface area contributed by atoms with Crippen molar-refractivity contribution >= 4 is 38.3 Å². The first-order valence-electron chi connectivity index (χ1n) is 11.9. The van der Waals surface area contributed by atoms with Crippen LogP contribution in [-0.2, 0) is 0 Å². The van der Waals surface area contributed by atoms with E-state index in [1.54, 1.807) is 0 Å². The van der Waals surface area contributed by atoms with Gasteiger partial charge in [0, 0.05) is 17.7 Å². The molecule has 0 bridgehead atoms. The third-order valence-electron chi connectivity index (χ3n) is 4.91. The molecule has 0 aromatic heterocycles. The molecule has 0 spiro atoms. The van der Waals surface area contributed by atoms with Gasteiger partial charge in [-0.2, -0.15) is 0 Å². The molecule has 2 aromatic carbocycles. The van der Waals surface area contributed by atoms with Gasteiger partial charge in [-0.05, 0) is 58.2 Å². The number of aryl methyl sites for hydroxylation is 3. The van der Waals surface area contributed by atoms with Crippen molar-refractivity contribution in [2.75, 3.05) is 19.8 Å². The Morgan fingerprint density at radius 1 is 0.735 bits per heavy atom. The van der Waals surface area contributed by atoms with E-state index in [0.717, 1.165) is 22.0 Å². The van der Waals surface area contributed by atoms with Gasteiger partial charge in [0.2, 0.25) is 0 Å². The van der Waals surface area contributed by atoms with Gasteiger partial charge < -0.3 is 14.2 Å². The Labute approximate surface area is 220 Å². The molecule has 0 fully saturated rings. The van der Waals surface area contributed by atoms with E-state index in [9.17, 15) is 4.79 Å². The van der Waals surface area contributed by atoms with Crippen LogP contribution in [0.25, 0.3) is 0 Å². The zero-order chi connectivity index (χ0) is 24.7. The van der Waals surface area contributed by atoms with Crippen LogP contribution in [0.5, 0.6) is 17.2 Å². The molecule has 4 nitrogen and oxygen atoms in total. The molecule has 1 atom stereocenters. The van der Waals surface area contributed by atoms with Crippen LogP contribution in [0.2, 0.25) is 0 Å². The van der Waals surface area contributed by atoms with Gasteiger partial charge in [-0.25, -0.2) is 0 Å². The van der Waals surface area contributed by atoms with Gasteiger partial charge in [-0.1, -0.05) is 59.2 Å². The topological polar surface area (TPSA) is 44.8 Å². The first-order valence-corrected chi connectivity index (χ1v) is 12.9. The average Bonchev–Trinajstić information content (AvgIpc) is 2.69. The van der Waals surface area contributed by atoms with Crippen LogP contribution in [0.3, 0.4) is 0 Å². The Balaban J connectivity index is 0.00000578. The van der Waals surface area contributed by atoms with Crippen LogP contribution >= 0.6 is 8.58 Å². The molecule has 0 aliphatic carbocycles. The van der Waals surface area contributed by atoms with Gasteiger partial charge >= 0.3 is 18.9 Å². The molecule has 0 N–H and O–H groups in total. The molecule has 6 heteroatoms. The molecule has 0 heterocycles. The van der Waals surface area contributed by atoms with Crippen LogP contribution in [0.1, 0.15) is 68.6 Å². The number of carbonyl (C=O) groups excluding carboxylic acids is 1. The fourth-order valence-corrected chi connectivity index (χ4v) is 4.77. The van der Waals surface area contributed by atoms with Crippen molar-refractivity contribution in [1.29, 1.82) is 0 Å². The van der Waals surface area contributed by atoms with Gasteiger partial charge in [-0.15, -0.1) is 0 Å². The summed E-state index contributed by atoms with van der Waals surface area (Å²) in [5, 5.41) is 0.817. The maximum absolute atomic E-state index is 13.5. The second kappa shape index (κ2) is 14.2. The van der Waals surface area contributed by atoms with E-state index >= 15 is 0 Å². The summed E-state index contributed by atoms with van der Waals surface area (Å²) in [5.74, 6) is 3.19. The molecule has 0 aliphatic rings. The molecule has 2 aromatic rings. The first kappa shape index (κ1) is 30.6. The molecular formula is C28H42LiO4P. The molecular weight excluding hydrogens is 438 g/mol. The second-order valence-electron chi connectivity index (χ2n) is 10.1. The third kappa shape index (κ3) is 9.30. The van der Waals surface area contributed by atoms with Gasteiger partial charge in [0.25, 0.3) is 0 Å². The van der Waals surface area contributed by atoms with Gasteiger partial charge in [0.05, 0.1) is 25.1 Å². The SMILES string of the molecule is Cc1cc(C)c(C(=O)Pc2c(OCC(C)C)cc(OCC(C)C)cc2OCC(C)C)c(C)c1.[LiH]. The standard InChI is InChI=1S/C28H41O4P.Li.H/c1-17(2)14-30-23-12-24(31-15-18(3)4)27(25(13-23)32-16-19(5)6)33-28(29)26-21(8)10-20(7)11-22(26)9;;/h10-13,17-19,33H,14-16H2,1-9H3;;. The molecule has 0 saturated carbocycles. The zero-order valence-corrected chi connectivity index (χ0v) is 22.8. The van der Waals surface area contributed by atoms with E-state index in [2.05, 4.69) is 60.6 Å². The minimum absolute atomic E-state index is 0. The Morgan fingerprint density at radius 3 is 1.56 bits per heavy atom. The Morgan fingerprint density at radius 2 is 1.15 bits per heavy atom. The maximum atomic E-state index is 13.5. The van der Waals surface area contributed by atoms with E-state index in [4.69, 9.17) is 14.2 Å². The fraction of sp³-hybridized carbons (Fsp3) is 0.536. The van der Waals surface area contributed by atoms with Crippen molar-refractivity contribution in [3.8, 4) is 17.2 Å². The summed E-state index contributed by atoms with van der Waals surface area (Å²) in [6, 6.07) is 7.97. The number of ether oxygens (including phenoxy) is 3. The van der Waals surface area contributed by atoms with Crippen molar-refractivity contribution in [2.24, 2.45) is 17.8 Å². The second-order valence-corrected chi connectivity index (χ2v) is 11.3. The molecule has 1 unspecified atom stereocenters. The van der Waals surface area contributed by atoms with E-state index in [1.165, 1.54) is 5.56 Å². The fourth-order valence-electron chi connectivity index (χ4n) is 3.49. The number of rotatable bonds is 12. The number of carbonyl (C=O) groups is 1. The average molecular weight is 481 g/mol. The van der Waals surface area contributed by atoms with Crippen molar-refractivity contribution in [3.63, 3.8) is 0 Å². The van der Waals surface area contributed by atoms with E-state index in [1.807, 2.05) is 26.0 Å². The van der Waals surface area contributed by atoms with E-state index in [0.29, 0.717) is 54.8 Å². The number of hydrogen-bond acceptors (Lipinski definition) is 4. The van der Waals surface area contributed by atoms with E-state index in [-0.39, 0.29) is 33.0 Å². The van der Waals surface area contributed by atoms with Crippen LogP contribution in [0, 0.1) is 38.5 Å². The summed E-state index contributed by atoms with van der Waals surface area (Å²) in [7, 11) is -0.101. The molecule has 184 valence electrons. The van der Waals surface area contributed by atoms with Crippen LogP contribution in [-0.4, -0.2) is 44.2 Å². The van der Waals surface area contributed by atoms with Crippen molar-refractivity contribution in [1.82, 2.24) is 0 Å². The molecule has 0 amide bonds. The summed E-state index contributed by atoms with van der Waals surface area (Å²) in [5.41, 5.74) is 4.08. The number of hydrogen-bond donors (Lipinski definition) is 0. The van der Waals surface area contributed by atoms with Gasteiger partial charge in [0.1, 0.15) is 17.2 Å². The Hall–Kier alpha value is -1.46. The van der Waals surface area contributed by atoms with Crippen LogP contribution in [0.15, 0.2) is 24.3 Å². The summed E-state index contributed by atoms with van der Waals surface area (Å²) in [6.07, 6.45) is 0. The molecule has 2 rings (SSSR count). The molecule has 0 radical (unpaired) electrons. The van der Waals surface area contributed by atoms with Gasteiger partial charge in [0.15, 0.2) is 5.52 Å². The van der Waals surface area contributed by atoms with Gasteiger partial charge in [-0.3, -0.25) is 4.79 Å². The summed E-state index contributed by atoms with van der Waals surface area (Å²) in [6.45, 7) is 20.5. The first-order chi connectivity index (χ1) is 15.5. The quantitative estimate of drug-likeness (QED) is 0.268. The van der Waals surface area contributed by atoms with Crippen molar-refractivity contribution < 1.29 is 19.0 Å². The summed E-state index contributed by atoms with van der Waals surface area (Å²) >= 11 is 0. The summed E-state index contributed by atoms with van der Waals surface area (Å²) in [4.78, 5) is 13.5. The van der Waals surface area contributed by atoms with Crippen LogP contribution in [0.4, 0.5) is 0 Å². The van der Waals surface area contributed by atoms with Crippen LogP contribution < -0.4 is 19.5 Å². The Bertz CT molecular complexity index is 897. The minimum atomic E-state index is -0.101. The predicted molar refractivity (Wildman–Crippen MR) is 148 cm³/mol. The predicted octanol–water partition coefficient (Wildman–Crippen LogP) is 6.21. The molecule has 0 saturated heterocycles. The number of benzene rings is 2. The molecule has 34 heavy (non-hydrogen) atoms. The van der Waals surface area contributed by atoms with Crippen molar-refractivity contribution in [2.45, 2.75) is 62.3 Å². The summed E-state index contributed by atoms with van der Waals surface area (Å²) < 4.78 is 18.4. The Kier molecular flexibility index (Phi) is 12.8. The van der Waals surface area contributed by atoms with E-state index < -0.39 is 0 Å². The zero-order valence-electron chi connectivity index (χ0n) is 21.8. The molecule has 0 aliphatic heterocycles.